The number of carboxylic acid groups (broad SMARTS) is 1. The number of aliphatic carboxylic acids is 1. The van der Waals surface area contributed by atoms with Crippen LogP contribution in [-0.2, 0) is 23.1 Å². The molecule has 10 nitrogen and oxygen atoms in total. The Morgan fingerprint density at radius 2 is 2.03 bits per heavy atom. The molecule has 1 aromatic heterocycles. The van der Waals surface area contributed by atoms with E-state index in [9.17, 15) is 14.7 Å². The number of amides is 1. The van der Waals surface area contributed by atoms with Crippen LogP contribution in [0.5, 0.6) is 17.2 Å². The number of carbonyl (C=O) groups is 2. The summed E-state index contributed by atoms with van der Waals surface area (Å²) in [5.41, 5.74) is 7.68. The average molecular weight is 543 g/mol. The van der Waals surface area contributed by atoms with Gasteiger partial charge < -0.3 is 34.5 Å². The summed E-state index contributed by atoms with van der Waals surface area (Å²) >= 11 is 0. The predicted octanol–water partition coefficient (Wildman–Crippen LogP) is 2.84. The van der Waals surface area contributed by atoms with Gasteiger partial charge in [0, 0.05) is 50.5 Å². The lowest BCUT2D eigenvalue weighted by atomic mass is 9.83. The van der Waals surface area contributed by atoms with Crippen LogP contribution in [0.1, 0.15) is 49.8 Å². The minimum absolute atomic E-state index is 0.0221. The number of aromatic nitrogens is 1. The molecular formula is C29H42N4O6. The standard InChI is InChI=1S/C29H42N4O6/c1-4-5-13-32(14-7-11-30)26(34)18-33-17-22(20-15-24(37-3)28-25(16-20)38-19-39-28)27(29(35)36)23(33)10-9-21-8-6-12-31(21)2/h6,8,12,15-16,22-23,27H,4-5,7,9-11,13-14,17-19,30H2,1-3H3,(H,35,36)/t22-,23+,27-/m1/s1. The number of nitrogens with two attached hydrogens (primary N) is 1. The second kappa shape index (κ2) is 13.2. The van der Waals surface area contributed by atoms with Crippen LogP contribution in [0.15, 0.2) is 30.5 Å². The largest absolute Gasteiger partial charge is 0.493 e. The summed E-state index contributed by atoms with van der Waals surface area (Å²) in [6.45, 7) is 4.64. The maximum absolute atomic E-state index is 13.6. The number of aryl methyl sites for hydroxylation is 2. The summed E-state index contributed by atoms with van der Waals surface area (Å²) in [6.07, 6.45) is 5.98. The maximum atomic E-state index is 13.6. The lowest BCUT2D eigenvalue weighted by Crippen LogP contribution is -2.45. The Morgan fingerprint density at radius 3 is 2.69 bits per heavy atom. The summed E-state index contributed by atoms with van der Waals surface area (Å²) < 4.78 is 18.8. The summed E-state index contributed by atoms with van der Waals surface area (Å²) in [4.78, 5) is 30.3. The second-order valence-electron chi connectivity index (χ2n) is 10.4. The minimum atomic E-state index is -0.866. The van der Waals surface area contributed by atoms with Crippen molar-refractivity contribution >= 4 is 11.9 Å². The quantitative estimate of drug-likeness (QED) is 0.374. The van der Waals surface area contributed by atoms with E-state index < -0.39 is 11.9 Å². The molecule has 0 unspecified atom stereocenters. The molecule has 2 aliphatic rings. The molecule has 1 aromatic carbocycles. The van der Waals surface area contributed by atoms with E-state index in [1.54, 1.807) is 7.11 Å². The number of benzene rings is 1. The summed E-state index contributed by atoms with van der Waals surface area (Å²) in [7, 11) is 3.55. The van der Waals surface area contributed by atoms with Crippen LogP contribution in [0, 0.1) is 5.92 Å². The third-order valence-corrected chi connectivity index (χ3v) is 7.99. The van der Waals surface area contributed by atoms with Gasteiger partial charge in [-0.15, -0.1) is 0 Å². The fourth-order valence-corrected chi connectivity index (χ4v) is 5.87. The molecule has 3 atom stereocenters. The zero-order valence-corrected chi connectivity index (χ0v) is 23.3. The van der Waals surface area contributed by atoms with Crippen molar-refractivity contribution in [2.45, 2.75) is 51.0 Å². The molecule has 0 saturated carbocycles. The minimum Gasteiger partial charge on any atom is -0.493 e. The highest BCUT2D eigenvalue weighted by Gasteiger charge is 2.47. The molecule has 10 heteroatoms. The molecule has 2 aliphatic heterocycles. The van der Waals surface area contributed by atoms with Crippen molar-refractivity contribution < 1.29 is 28.9 Å². The number of carbonyl (C=O) groups excluding carboxylic acids is 1. The van der Waals surface area contributed by atoms with Crippen LogP contribution >= 0.6 is 0 Å². The van der Waals surface area contributed by atoms with Crippen LogP contribution in [0.25, 0.3) is 0 Å². The van der Waals surface area contributed by atoms with Crippen LogP contribution in [0.4, 0.5) is 0 Å². The van der Waals surface area contributed by atoms with Gasteiger partial charge in [-0.3, -0.25) is 14.5 Å². The number of methoxy groups -OCH3 is 1. The van der Waals surface area contributed by atoms with Crippen LogP contribution in [-0.4, -0.2) is 84.0 Å². The number of nitrogens with zero attached hydrogens (tertiary/aromatic N) is 3. The zero-order chi connectivity index (χ0) is 27.9. The van der Waals surface area contributed by atoms with Crippen molar-refractivity contribution in [3.8, 4) is 17.2 Å². The molecule has 0 radical (unpaired) electrons. The van der Waals surface area contributed by atoms with Gasteiger partial charge in [0.15, 0.2) is 11.5 Å². The molecule has 1 fully saturated rings. The van der Waals surface area contributed by atoms with E-state index in [1.165, 1.54) is 0 Å². The first-order valence-electron chi connectivity index (χ1n) is 13.9. The van der Waals surface area contributed by atoms with Crippen molar-refractivity contribution in [1.29, 1.82) is 0 Å². The number of hydrogen-bond acceptors (Lipinski definition) is 7. The van der Waals surface area contributed by atoms with Crippen molar-refractivity contribution in [2.75, 3.05) is 46.6 Å². The van der Waals surface area contributed by atoms with E-state index in [0.717, 1.165) is 30.5 Å². The van der Waals surface area contributed by atoms with Gasteiger partial charge in [0.2, 0.25) is 18.4 Å². The van der Waals surface area contributed by atoms with Gasteiger partial charge in [0.25, 0.3) is 0 Å². The third-order valence-electron chi connectivity index (χ3n) is 7.99. The van der Waals surface area contributed by atoms with Crippen molar-refractivity contribution in [2.24, 2.45) is 18.7 Å². The van der Waals surface area contributed by atoms with Gasteiger partial charge in [-0.05, 0) is 62.1 Å². The Hall–Kier alpha value is -3.24. The predicted molar refractivity (Wildman–Crippen MR) is 147 cm³/mol. The summed E-state index contributed by atoms with van der Waals surface area (Å²) in [5.74, 6) is -0.280. The van der Waals surface area contributed by atoms with Crippen molar-refractivity contribution in [3.63, 3.8) is 0 Å². The topological polar surface area (TPSA) is 119 Å². The number of likely N-dealkylation sites (tertiary alicyclic amines) is 1. The Bertz CT molecular complexity index is 1130. The van der Waals surface area contributed by atoms with Gasteiger partial charge in [0.05, 0.1) is 19.6 Å². The first kappa shape index (κ1) is 28.8. The molecule has 3 heterocycles. The lowest BCUT2D eigenvalue weighted by molar-refractivity contribution is -0.143. The fourth-order valence-electron chi connectivity index (χ4n) is 5.87. The lowest BCUT2D eigenvalue weighted by Gasteiger charge is -2.30. The highest BCUT2D eigenvalue weighted by Crippen LogP contribution is 2.47. The van der Waals surface area contributed by atoms with E-state index in [1.807, 2.05) is 36.3 Å². The Kier molecular flexibility index (Phi) is 9.74. The van der Waals surface area contributed by atoms with Gasteiger partial charge in [-0.2, -0.15) is 0 Å². The first-order valence-corrected chi connectivity index (χ1v) is 13.9. The van der Waals surface area contributed by atoms with E-state index in [0.29, 0.717) is 56.3 Å². The summed E-state index contributed by atoms with van der Waals surface area (Å²) in [6, 6.07) is 7.44. The second-order valence-corrected chi connectivity index (χ2v) is 10.4. The highest BCUT2D eigenvalue weighted by molar-refractivity contribution is 5.79. The zero-order valence-electron chi connectivity index (χ0n) is 23.3. The van der Waals surface area contributed by atoms with Crippen LogP contribution in [0.2, 0.25) is 0 Å². The molecule has 4 rings (SSSR count). The number of unbranched alkanes of at least 4 members (excludes halogenated alkanes) is 1. The molecular weight excluding hydrogens is 500 g/mol. The average Bonchev–Trinajstić information content (AvgIpc) is 3.65. The number of rotatable bonds is 14. The SMILES string of the molecule is CCCCN(CCCN)C(=O)CN1C[C@H](c2cc(OC)c3c(c2)OCO3)[C@@H](C(=O)O)[C@@H]1CCc1cccn1C. The van der Waals surface area contributed by atoms with Crippen molar-refractivity contribution in [3.05, 3.63) is 41.7 Å². The normalized spacial score (nSPS) is 20.4. The Labute approximate surface area is 230 Å². The van der Waals surface area contributed by atoms with E-state index >= 15 is 0 Å². The number of ether oxygens (including phenoxy) is 3. The molecule has 3 N–H and O–H groups in total. The molecule has 0 spiro atoms. The maximum Gasteiger partial charge on any atom is 0.308 e. The Balaban J connectivity index is 1.64. The molecule has 214 valence electrons. The van der Waals surface area contributed by atoms with Crippen LogP contribution in [0.3, 0.4) is 0 Å². The van der Waals surface area contributed by atoms with Crippen LogP contribution < -0.4 is 19.9 Å². The molecule has 0 bridgehead atoms. The molecule has 1 amide bonds. The van der Waals surface area contributed by atoms with Crippen molar-refractivity contribution in [1.82, 2.24) is 14.4 Å². The molecule has 1 saturated heterocycles. The monoisotopic (exact) mass is 542 g/mol. The van der Waals surface area contributed by atoms with Gasteiger partial charge in [-0.1, -0.05) is 13.3 Å². The number of fused-ring (bicyclic) bond motifs is 1. The number of hydrogen-bond donors (Lipinski definition) is 2. The van der Waals surface area contributed by atoms with Gasteiger partial charge >= 0.3 is 5.97 Å². The summed E-state index contributed by atoms with van der Waals surface area (Å²) in [5, 5.41) is 10.5. The van der Waals surface area contributed by atoms with E-state index in [2.05, 4.69) is 22.5 Å². The molecule has 0 aliphatic carbocycles. The third kappa shape index (κ3) is 6.50. The first-order chi connectivity index (χ1) is 18.9. The number of carboxylic acids is 1. The Morgan fingerprint density at radius 1 is 1.23 bits per heavy atom. The molecule has 2 aromatic rings. The van der Waals surface area contributed by atoms with E-state index in [4.69, 9.17) is 19.9 Å². The molecule has 39 heavy (non-hydrogen) atoms. The van der Waals surface area contributed by atoms with Gasteiger partial charge in [-0.25, -0.2) is 0 Å². The van der Waals surface area contributed by atoms with E-state index in [-0.39, 0.29) is 31.2 Å². The fraction of sp³-hybridized carbons (Fsp3) is 0.586. The highest BCUT2D eigenvalue weighted by atomic mass is 16.7. The smallest absolute Gasteiger partial charge is 0.308 e. The van der Waals surface area contributed by atoms with Gasteiger partial charge in [0.1, 0.15) is 0 Å².